The van der Waals surface area contributed by atoms with E-state index in [9.17, 15) is 23.3 Å². The lowest BCUT2D eigenvalue weighted by Gasteiger charge is -2.13. The second-order valence-corrected chi connectivity index (χ2v) is 5.67. The molecule has 0 amide bonds. The molecule has 0 spiro atoms. The first-order chi connectivity index (χ1) is 10.3. The van der Waals surface area contributed by atoms with Crippen molar-refractivity contribution in [2.24, 2.45) is 0 Å². The van der Waals surface area contributed by atoms with Crippen molar-refractivity contribution in [3.05, 3.63) is 63.7 Å². The van der Waals surface area contributed by atoms with Crippen molar-refractivity contribution in [1.29, 1.82) is 0 Å². The molecule has 0 aliphatic carbocycles. The van der Waals surface area contributed by atoms with Crippen molar-refractivity contribution in [2.75, 3.05) is 0 Å². The Hall–Kier alpha value is -2.02. The fraction of sp³-hybridized carbons (Fsp3) is 0.200. The van der Waals surface area contributed by atoms with Gasteiger partial charge < -0.3 is 0 Å². The summed E-state index contributed by atoms with van der Waals surface area (Å²) in [4.78, 5) is 11.1. The highest BCUT2D eigenvalue weighted by atomic mass is 32.2. The molecule has 0 N–H and O–H groups in total. The number of hydrogen-bond donors (Lipinski definition) is 0. The minimum Gasteiger partial charge on any atom is -0.258 e. The second kappa shape index (κ2) is 6.39. The molecule has 0 aliphatic rings. The molecule has 0 aliphatic heterocycles. The Morgan fingerprint density at radius 3 is 2.18 bits per heavy atom. The number of benzene rings is 2. The number of aryl methyl sites for hydroxylation is 1. The lowest BCUT2D eigenvalue weighted by atomic mass is 10.1. The van der Waals surface area contributed by atoms with Crippen LogP contribution in [0.25, 0.3) is 0 Å². The topological polar surface area (TPSA) is 43.1 Å². The summed E-state index contributed by atoms with van der Waals surface area (Å²) in [5, 5.41) is 10.6. The average molecular weight is 327 g/mol. The van der Waals surface area contributed by atoms with Gasteiger partial charge in [-0.1, -0.05) is 24.8 Å². The third kappa shape index (κ3) is 3.79. The smallest absolute Gasteiger partial charge is 0.258 e. The van der Waals surface area contributed by atoms with E-state index in [-0.39, 0.29) is 11.3 Å². The molecule has 0 bridgehead atoms. The van der Waals surface area contributed by atoms with Crippen LogP contribution in [0, 0.1) is 10.1 Å². The molecule has 0 atom stereocenters. The SMILES string of the molecule is CCc1ccc(Sc2ccc([N+](=O)[O-])cc2)cc1C(F)(F)F. The van der Waals surface area contributed by atoms with Gasteiger partial charge in [-0.3, -0.25) is 10.1 Å². The molecule has 3 nitrogen and oxygen atoms in total. The van der Waals surface area contributed by atoms with Crippen molar-refractivity contribution < 1.29 is 18.1 Å². The molecule has 22 heavy (non-hydrogen) atoms. The number of rotatable bonds is 4. The fourth-order valence-electron chi connectivity index (χ4n) is 1.96. The third-order valence-corrected chi connectivity index (χ3v) is 4.05. The van der Waals surface area contributed by atoms with Crippen LogP contribution in [0.5, 0.6) is 0 Å². The molecule has 0 saturated heterocycles. The minimum absolute atomic E-state index is 0.0540. The van der Waals surface area contributed by atoms with Gasteiger partial charge in [-0.2, -0.15) is 13.2 Å². The van der Waals surface area contributed by atoms with E-state index in [0.29, 0.717) is 16.2 Å². The summed E-state index contributed by atoms with van der Waals surface area (Å²) >= 11 is 1.13. The molecule has 2 rings (SSSR count). The van der Waals surface area contributed by atoms with Crippen molar-refractivity contribution in [3.63, 3.8) is 0 Å². The number of non-ortho nitro benzene ring substituents is 1. The number of hydrogen-bond acceptors (Lipinski definition) is 3. The fourth-order valence-corrected chi connectivity index (χ4v) is 2.82. The van der Waals surface area contributed by atoms with Gasteiger partial charge in [0.05, 0.1) is 10.5 Å². The highest BCUT2D eigenvalue weighted by molar-refractivity contribution is 7.99. The quantitative estimate of drug-likeness (QED) is 0.563. The van der Waals surface area contributed by atoms with Crippen LogP contribution in [0.15, 0.2) is 52.3 Å². The number of nitro benzene ring substituents is 1. The summed E-state index contributed by atoms with van der Waals surface area (Å²) < 4.78 is 39.0. The summed E-state index contributed by atoms with van der Waals surface area (Å²) in [6.07, 6.45) is -4.09. The highest BCUT2D eigenvalue weighted by Crippen LogP contribution is 2.37. The molecule has 0 heterocycles. The molecule has 0 saturated carbocycles. The summed E-state index contributed by atoms with van der Waals surface area (Å²) in [6, 6.07) is 9.90. The van der Waals surface area contributed by atoms with Crippen molar-refractivity contribution in [1.82, 2.24) is 0 Å². The monoisotopic (exact) mass is 327 g/mol. The maximum absolute atomic E-state index is 13.0. The summed E-state index contributed by atoms with van der Waals surface area (Å²) in [7, 11) is 0. The minimum atomic E-state index is -4.39. The van der Waals surface area contributed by atoms with E-state index in [1.165, 1.54) is 30.3 Å². The van der Waals surface area contributed by atoms with E-state index in [0.717, 1.165) is 17.8 Å². The van der Waals surface area contributed by atoms with Crippen LogP contribution in [0.2, 0.25) is 0 Å². The van der Waals surface area contributed by atoms with Gasteiger partial charge in [-0.05, 0) is 36.2 Å². The van der Waals surface area contributed by atoms with Crippen molar-refractivity contribution in [2.45, 2.75) is 29.3 Å². The Bertz CT molecular complexity index is 684. The number of halogens is 3. The molecule has 2 aromatic rings. The number of nitrogens with zero attached hydrogens (tertiary/aromatic N) is 1. The summed E-state index contributed by atoms with van der Waals surface area (Å²) in [6.45, 7) is 1.67. The predicted molar refractivity (Wildman–Crippen MR) is 78.0 cm³/mol. The van der Waals surface area contributed by atoms with E-state index in [1.54, 1.807) is 13.0 Å². The van der Waals surface area contributed by atoms with E-state index in [1.807, 2.05) is 0 Å². The molecule has 0 radical (unpaired) electrons. The standard InChI is InChI=1S/C15H12F3NO2S/c1-2-10-3-6-13(9-14(10)15(16,17)18)22-12-7-4-11(5-8-12)19(20)21/h3-9H,2H2,1H3. The number of alkyl halides is 3. The molecule has 116 valence electrons. The Morgan fingerprint density at radius 2 is 1.68 bits per heavy atom. The highest BCUT2D eigenvalue weighted by Gasteiger charge is 2.33. The van der Waals surface area contributed by atoms with Gasteiger partial charge in [0.1, 0.15) is 0 Å². The van der Waals surface area contributed by atoms with Gasteiger partial charge in [-0.15, -0.1) is 0 Å². The normalized spacial score (nSPS) is 11.5. The molecule has 0 fully saturated rings. The zero-order valence-corrected chi connectivity index (χ0v) is 12.4. The number of nitro groups is 1. The zero-order valence-electron chi connectivity index (χ0n) is 11.6. The van der Waals surface area contributed by atoms with E-state index in [4.69, 9.17) is 0 Å². The third-order valence-electron chi connectivity index (χ3n) is 3.05. The molecule has 2 aromatic carbocycles. The van der Waals surface area contributed by atoms with Gasteiger partial charge in [0.25, 0.3) is 5.69 Å². The first-order valence-electron chi connectivity index (χ1n) is 6.43. The average Bonchev–Trinajstić information content (AvgIpc) is 2.47. The van der Waals surface area contributed by atoms with Crippen LogP contribution in [-0.2, 0) is 12.6 Å². The molecular formula is C15H12F3NO2S. The maximum Gasteiger partial charge on any atom is 0.416 e. The van der Waals surface area contributed by atoms with Crippen LogP contribution < -0.4 is 0 Å². The van der Waals surface area contributed by atoms with E-state index in [2.05, 4.69) is 0 Å². The maximum atomic E-state index is 13.0. The Kier molecular flexibility index (Phi) is 4.75. The largest absolute Gasteiger partial charge is 0.416 e. The van der Waals surface area contributed by atoms with Gasteiger partial charge >= 0.3 is 6.18 Å². The van der Waals surface area contributed by atoms with Gasteiger partial charge in [0.2, 0.25) is 0 Å². The van der Waals surface area contributed by atoms with Crippen LogP contribution in [0.3, 0.4) is 0 Å². The van der Waals surface area contributed by atoms with Crippen LogP contribution in [0.1, 0.15) is 18.1 Å². The van der Waals surface area contributed by atoms with E-state index < -0.39 is 16.7 Å². The first-order valence-corrected chi connectivity index (χ1v) is 7.25. The predicted octanol–water partition coefficient (Wildman–Crippen LogP) is 5.33. The van der Waals surface area contributed by atoms with Gasteiger partial charge in [0.15, 0.2) is 0 Å². The molecular weight excluding hydrogens is 315 g/mol. The van der Waals surface area contributed by atoms with Crippen molar-refractivity contribution >= 4 is 17.4 Å². The Morgan fingerprint density at radius 1 is 1.09 bits per heavy atom. The molecule has 0 aromatic heterocycles. The van der Waals surface area contributed by atoms with E-state index >= 15 is 0 Å². The first kappa shape index (κ1) is 16.4. The lowest BCUT2D eigenvalue weighted by molar-refractivity contribution is -0.384. The van der Waals surface area contributed by atoms with Crippen LogP contribution >= 0.6 is 11.8 Å². The van der Waals surface area contributed by atoms with Gasteiger partial charge in [0, 0.05) is 21.9 Å². The second-order valence-electron chi connectivity index (χ2n) is 4.52. The van der Waals surface area contributed by atoms with Crippen molar-refractivity contribution in [3.8, 4) is 0 Å². The van der Waals surface area contributed by atoms with Crippen LogP contribution in [-0.4, -0.2) is 4.92 Å². The zero-order chi connectivity index (χ0) is 16.3. The molecule has 7 heteroatoms. The lowest BCUT2D eigenvalue weighted by Crippen LogP contribution is -2.08. The Labute approximate surface area is 129 Å². The molecule has 0 unspecified atom stereocenters. The summed E-state index contributed by atoms with van der Waals surface area (Å²) in [5.74, 6) is 0. The Balaban J connectivity index is 2.28. The van der Waals surface area contributed by atoms with Gasteiger partial charge in [-0.25, -0.2) is 0 Å². The van der Waals surface area contributed by atoms with Crippen LogP contribution in [0.4, 0.5) is 18.9 Å². The summed E-state index contributed by atoms with van der Waals surface area (Å²) in [5.41, 5.74) is -0.441.